The maximum absolute atomic E-state index is 2.42. The Morgan fingerprint density at radius 1 is 0.905 bits per heavy atom. The minimum Gasteiger partial charge on any atom is -0.0654 e. The monoisotopic (exact) mass is 278 g/mol. The highest BCUT2D eigenvalue weighted by Crippen LogP contribution is 2.31. The lowest BCUT2D eigenvalue weighted by molar-refractivity contribution is 0.408. The maximum Gasteiger partial charge on any atom is -0.0181 e. The average molecular weight is 278 g/mol. The molecule has 0 amide bonds. The van der Waals surface area contributed by atoms with E-state index in [-0.39, 0.29) is 0 Å². The molecule has 0 saturated carbocycles. The zero-order chi connectivity index (χ0) is 14.5. The zero-order valence-corrected chi connectivity index (χ0v) is 13.1. The van der Waals surface area contributed by atoms with E-state index in [2.05, 4.69) is 55.5 Å². The predicted octanol–water partition coefficient (Wildman–Crippen LogP) is 6.04. The van der Waals surface area contributed by atoms with Gasteiger partial charge in [-0.1, -0.05) is 81.1 Å². The average Bonchev–Trinajstić information content (AvgIpc) is 2.55. The van der Waals surface area contributed by atoms with Crippen LogP contribution in [0.5, 0.6) is 0 Å². The van der Waals surface area contributed by atoms with E-state index in [0.717, 1.165) is 5.92 Å². The third-order valence-electron chi connectivity index (χ3n) is 4.86. The molecule has 1 aliphatic rings. The number of hydrogen-bond acceptors (Lipinski definition) is 0. The van der Waals surface area contributed by atoms with E-state index in [9.17, 15) is 0 Å². The fourth-order valence-electron chi connectivity index (χ4n) is 3.57. The van der Waals surface area contributed by atoms with Gasteiger partial charge in [-0.3, -0.25) is 0 Å². The molecule has 1 unspecified atom stereocenters. The third kappa shape index (κ3) is 3.56. The lowest BCUT2D eigenvalue weighted by atomic mass is 9.80. The van der Waals surface area contributed by atoms with Gasteiger partial charge in [-0.2, -0.15) is 0 Å². The van der Waals surface area contributed by atoms with Crippen LogP contribution in [0, 0.1) is 5.92 Å². The summed E-state index contributed by atoms with van der Waals surface area (Å²) in [6.45, 7) is 2.29. The molecule has 0 nitrogen and oxygen atoms in total. The van der Waals surface area contributed by atoms with E-state index < -0.39 is 0 Å². The number of fused-ring (bicyclic) bond motifs is 1. The first-order valence-electron chi connectivity index (χ1n) is 8.54. The van der Waals surface area contributed by atoms with E-state index in [1.807, 2.05) is 0 Å². The molecule has 0 fully saturated rings. The van der Waals surface area contributed by atoms with Crippen LogP contribution in [0.2, 0.25) is 0 Å². The fourth-order valence-corrected chi connectivity index (χ4v) is 3.57. The Bertz CT molecular complexity index is 568. The first-order chi connectivity index (χ1) is 10.4. The molecule has 110 valence electrons. The van der Waals surface area contributed by atoms with Crippen molar-refractivity contribution in [1.29, 1.82) is 0 Å². The summed E-state index contributed by atoms with van der Waals surface area (Å²) >= 11 is 0. The zero-order valence-electron chi connectivity index (χ0n) is 13.1. The van der Waals surface area contributed by atoms with Crippen LogP contribution in [0.1, 0.15) is 50.2 Å². The van der Waals surface area contributed by atoms with Gasteiger partial charge < -0.3 is 0 Å². The predicted molar refractivity (Wildman–Crippen MR) is 91.5 cm³/mol. The van der Waals surface area contributed by atoms with E-state index >= 15 is 0 Å². The van der Waals surface area contributed by atoms with Gasteiger partial charge in [-0.15, -0.1) is 0 Å². The second-order valence-corrected chi connectivity index (χ2v) is 6.45. The Morgan fingerprint density at radius 2 is 1.76 bits per heavy atom. The van der Waals surface area contributed by atoms with Gasteiger partial charge in [0.1, 0.15) is 0 Å². The van der Waals surface area contributed by atoms with Gasteiger partial charge in [0.15, 0.2) is 0 Å². The summed E-state index contributed by atoms with van der Waals surface area (Å²) in [4.78, 5) is 0. The summed E-state index contributed by atoms with van der Waals surface area (Å²) in [6, 6.07) is 17.9. The normalized spacial score (nSPS) is 17.5. The summed E-state index contributed by atoms with van der Waals surface area (Å²) in [5, 5.41) is 0. The molecule has 0 aromatic heterocycles. The molecule has 0 spiro atoms. The van der Waals surface area contributed by atoms with Crippen molar-refractivity contribution in [3.8, 4) is 11.1 Å². The quantitative estimate of drug-likeness (QED) is 0.585. The molecule has 3 rings (SSSR count). The largest absolute Gasteiger partial charge is 0.0654 e. The summed E-state index contributed by atoms with van der Waals surface area (Å²) < 4.78 is 0. The molecule has 1 aliphatic carbocycles. The number of rotatable bonds is 5. The summed E-state index contributed by atoms with van der Waals surface area (Å²) in [6.07, 6.45) is 9.53. The van der Waals surface area contributed by atoms with Crippen molar-refractivity contribution >= 4 is 0 Å². The van der Waals surface area contributed by atoms with Crippen molar-refractivity contribution in [2.75, 3.05) is 0 Å². The van der Waals surface area contributed by atoms with Crippen LogP contribution in [0.4, 0.5) is 0 Å². The van der Waals surface area contributed by atoms with Crippen molar-refractivity contribution in [3.63, 3.8) is 0 Å². The number of hydrogen-bond donors (Lipinski definition) is 0. The second-order valence-electron chi connectivity index (χ2n) is 6.45. The first kappa shape index (κ1) is 14.4. The fraction of sp³-hybridized carbons (Fsp3) is 0.429. The molecule has 0 bridgehead atoms. The van der Waals surface area contributed by atoms with E-state index in [4.69, 9.17) is 0 Å². The molecule has 0 aliphatic heterocycles. The number of unbranched alkanes of at least 4 members (excludes halogenated alkanes) is 2. The Balaban J connectivity index is 1.71. The minimum absolute atomic E-state index is 0.923. The number of benzene rings is 2. The van der Waals surface area contributed by atoms with Crippen LogP contribution in [0.15, 0.2) is 48.5 Å². The molecular weight excluding hydrogens is 252 g/mol. The van der Waals surface area contributed by atoms with Gasteiger partial charge in [-0.25, -0.2) is 0 Å². The Kier molecular flexibility index (Phi) is 4.75. The summed E-state index contributed by atoms with van der Waals surface area (Å²) in [5.41, 5.74) is 5.90. The molecule has 0 heterocycles. The highest BCUT2D eigenvalue weighted by atomic mass is 14.2. The van der Waals surface area contributed by atoms with Crippen molar-refractivity contribution < 1.29 is 0 Å². The molecule has 0 saturated heterocycles. The first-order valence-corrected chi connectivity index (χ1v) is 8.54. The van der Waals surface area contributed by atoms with Gasteiger partial charge >= 0.3 is 0 Å². The highest BCUT2D eigenvalue weighted by Gasteiger charge is 2.18. The van der Waals surface area contributed by atoms with Crippen molar-refractivity contribution in [3.05, 3.63) is 59.7 Å². The van der Waals surface area contributed by atoms with Crippen molar-refractivity contribution in [2.24, 2.45) is 5.92 Å². The molecular formula is C21H26. The molecule has 2 aromatic rings. The molecule has 0 heteroatoms. The van der Waals surface area contributed by atoms with Gasteiger partial charge in [0, 0.05) is 0 Å². The highest BCUT2D eigenvalue weighted by molar-refractivity contribution is 5.65. The lowest BCUT2D eigenvalue weighted by Crippen LogP contribution is -2.14. The van der Waals surface area contributed by atoms with Crippen LogP contribution < -0.4 is 0 Å². The smallest absolute Gasteiger partial charge is 0.0181 e. The van der Waals surface area contributed by atoms with Gasteiger partial charge in [0.25, 0.3) is 0 Å². The van der Waals surface area contributed by atoms with Crippen molar-refractivity contribution in [2.45, 2.75) is 51.9 Å². The standard InChI is InChI=1S/C21H26/c1-2-3-5-8-17-11-12-21-16-20(14-13-19(21)15-17)18-9-6-4-7-10-18/h4,6-7,9-10,13-14,16-17H,2-3,5,8,11-12,15H2,1H3. The molecule has 1 atom stereocenters. The number of aryl methyl sites for hydroxylation is 1. The van der Waals surface area contributed by atoms with Crippen LogP contribution >= 0.6 is 0 Å². The summed E-state index contributed by atoms with van der Waals surface area (Å²) in [7, 11) is 0. The summed E-state index contributed by atoms with van der Waals surface area (Å²) in [5.74, 6) is 0.923. The second kappa shape index (κ2) is 6.93. The van der Waals surface area contributed by atoms with Crippen LogP contribution in [0.25, 0.3) is 11.1 Å². The minimum atomic E-state index is 0.923. The Hall–Kier alpha value is -1.56. The Morgan fingerprint density at radius 3 is 2.57 bits per heavy atom. The van der Waals surface area contributed by atoms with Crippen LogP contribution in [-0.2, 0) is 12.8 Å². The van der Waals surface area contributed by atoms with Crippen LogP contribution in [-0.4, -0.2) is 0 Å². The van der Waals surface area contributed by atoms with Gasteiger partial charge in [0.05, 0.1) is 0 Å². The molecule has 0 radical (unpaired) electrons. The Labute approximate surface area is 129 Å². The van der Waals surface area contributed by atoms with E-state index in [1.165, 1.54) is 56.1 Å². The van der Waals surface area contributed by atoms with Crippen molar-refractivity contribution in [1.82, 2.24) is 0 Å². The molecule has 21 heavy (non-hydrogen) atoms. The lowest BCUT2D eigenvalue weighted by Gasteiger charge is -2.25. The third-order valence-corrected chi connectivity index (χ3v) is 4.86. The molecule has 0 N–H and O–H groups in total. The SMILES string of the molecule is CCCCCC1CCc2cc(-c3ccccc3)ccc2C1. The van der Waals surface area contributed by atoms with Gasteiger partial charge in [-0.05, 0) is 47.4 Å². The van der Waals surface area contributed by atoms with E-state index in [1.54, 1.807) is 11.1 Å². The van der Waals surface area contributed by atoms with E-state index in [0.29, 0.717) is 0 Å². The maximum atomic E-state index is 2.42. The topological polar surface area (TPSA) is 0 Å². The van der Waals surface area contributed by atoms with Gasteiger partial charge in [0.2, 0.25) is 0 Å². The van der Waals surface area contributed by atoms with Crippen LogP contribution in [0.3, 0.4) is 0 Å². The molecule has 2 aromatic carbocycles.